The zero-order valence-corrected chi connectivity index (χ0v) is 13.0. The number of aryl methyl sites for hydroxylation is 2. The van der Waals surface area contributed by atoms with Crippen molar-refractivity contribution in [1.82, 2.24) is 20.1 Å². The van der Waals surface area contributed by atoms with Gasteiger partial charge >= 0.3 is 0 Å². The van der Waals surface area contributed by atoms with Gasteiger partial charge in [0.2, 0.25) is 0 Å². The maximum atomic E-state index is 12.2. The number of carbonyl (C=O) groups excluding carboxylic acids is 1. The first-order valence-corrected chi connectivity index (χ1v) is 7.86. The molecule has 2 aromatic rings. The molecule has 1 saturated carbocycles. The third kappa shape index (κ3) is 3.14. The SMILES string of the molecule is Cc1nc(-c2cnn(C)c2)sc1C(=O)NCC(N)C1CC1. The van der Waals surface area contributed by atoms with Gasteiger partial charge in [0.1, 0.15) is 9.88 Å². The van der Waals surface area contributed by atoms with Crippen molar-refractivity contribution in [3.63, 3.8) is 0 Å². The summed E-state index contributed by atoms with van der Waals surface area (Å²) in [6.07, 6.45) is 6.01. The summed E-state index contributed by atoms with van der Waals surface area (Å²) in [5.41, 5.74) is 7.68. The molecule has 1 aliphatic carbocycles. The third-order valence-corrected chi connectivity index (χ3v) is 4.89. The lowest BCUT2D eigenvalue weighted by Crippen LogP contribution is -2.38. The van der Waals surface area contributed by atoms with E-state index in [4.69, 9.17) is 5.73 Å². The molecule has 2 aromatic heterocycles. The van der Waals surface area contributed by atoms with E-state index >= 15 is 0 Å². The maximum absolute atomic E-state index is 12.2. The Hall–Kier alpha value is -1.73. The highest BCUT2D eigenvalue weighted by molar-refractivity contribution is 7.17. The standard InChI is InChI=1S/C14H19N5OS/c1-8-12(13(20)16-6-11(15)9-3-4-9)21-14(18-8)10-5-17-19(2)7-10/h5,7,9,11H,3-4,6,15H2,1-2H3,(H,16,20). The van der Waals surface area contributed by atoms with Crippen LogP contribution in [0.15, 0.2) is 12.4 Å². The van der Waals surface area contributed by atoms with Crippen molar-refractivity contribution in [2.45, 2.75) is 25.8 Å². The highest BCUT2D eigenvalue weighted by Crippen LogP contribution is 2.31. The Kier molecular flexibility index (Phi) is 3.77. The number of nitrogens with one attached hydrogen (secondary N) is 1. The lowest BCUT2D eigenvalue weighted by Gasteiger charge is -2.10. The summed E-state index contributed by atoms with van der Waals surface area (Å²) in [5, 5.41) is 7.86. The number of thiazole rings is 1. The molecule has 1 amide bonds. The lowest BCUT2D eigenvalue weighted by molar-refractivity contribution is 0.0953. The molecular weight excluding hydrogens is 286 g/mol. The quantitative estimate of drug-likeness (QED) is 0.872. The number of rotatable bonds is 5. The Morgan fingerprint density at radius 3 is 3.00 bits per heavy atom. The van der Waals surface area contributed by atoms with E-state index in [-0.39, 0.29) is 11.9 Å². The van der Waals surface area contributed by atoms with Crippen molar-refractivity contribution in [1.29, 1.82) is 0 Å². The van der Waals surface area contributed by atoms with Crippen LogP contribution in [0.3, 0.4) is 0 Å². The summed E-state index contributed by atoms with van der Waals surface area (Å²) in [6, 6.07) is 0.0694. The number of hydrogen-bond acceptors (Lipinski definition) is 5. The fourth-order valence-corrected chi connectivity index (χ4v) is 3.20. The minimum absolute atomic E-state index is 0.0694. The van der Waals surface area contributed by atoms with E-state index in [2.05, 4.69) is 15.4 Å². The van der Waals surface area contributed by atoms with Crippen molar-refractivity contribution in [2.75, 3.05) is 6.54 Å². The second-order valence-corrected chi connectivity index (χ2v) is 6.55. The number of aromatic nitrogens is 3. The highest BCUT2D eigenvalue weighted by Gasteiger charge is 2.28. The molecule has 0 saturated heterocycles. The summed E-state index contributed by atoms with van der Waals surface area (Å²) >= 11 is 1.39. The normalized spacial score (nSPS) is 16.0. The maximum Gasteiger partial charge on any atom is 0.263 e. The number of amides is 1. The molecular formula is C14H19N5OS. The minimum Gasteiger partial charge on any atom is -0.350 e. The van der Waals surface area contributed by atoms with Crippen LogP contribution in [0, 0.1) is 12.8 Å². The molecule has 0 aliphatic heterocycles. The van der Waals surface area contributed by atoms with Crippen molar-refractivity contribution in [3.05, 3.63) is 23.0 Å². The van der Waals surface area contributed by atoms with Crippen molar-refractivity contribution in [2.24, 2.45) is 18.7 Å². The molecule has 6 nitrogen and oxygen atoms in total. The fourth-order valence-electron chi connectivity index (χ4n) is 2.24. The van der Waals surface area contributed by atoms with Crippen LogP contribution in [0.5, 0.6) is 0 Å². The largest absolute Gasteiger partial charge is 0.350 e. The molecule has 2 heterocycles. The van der Waals surface area contributed by atoms with Crippen molar-refractivity contribution < 1.29 is 4.79 Å². The molecule has 1 aliphatic rings. The van der Waals surface area contributed by atoms with Crippen LogP contribution in [0.25, 0.3) is 10.6 Å². The van der Waals surface area contributed by atoms with Crippen molar-refractivity contribution >= 4 is 17.2 Å². The smallest absolute Gasteiger partial charge is 0.263 e. The summed E-state index contributed by atoms with van der Waals surface area (Å²) in [7, 11) is 1.86. The molecule has 1 atom stereocenters. The topological polar surface area (TPSA) is 85.8 Å². The number of carbonyl (C=O) groups is 1. The van der Waals surface area contributed by atoms with Gasteiger partial charge in [0, 0.05) is 31.4 Å². The van der Waals surface area contributed by atoms with Crippen LogP contribution in [-0.4, -0.2) is 33.3 Å². The van der Waals surface area contributed by atoms with Crippen LogP contribution in [-0.2, 0) is 7.05 Å². The van der Waals surface area contributed by atoms with Crippen LogP contribution in [0.1, 0.15) is 28.2 Å². The Bertz CT molecular complexity index is 658. The number of nitrogens with zero attached hydrogens (tertiary/aromatic N) is 3. The van der Waals surface area contributed by atoms with E-state index in [0.29, 0.717) is 17.3 Å². The first-order chi connectivity index (χ1) is 10.0. The summed E-state index contributed by atoms with van der Waals surface area (Å²) in [4.78, 5) is 17.4. The van der Waals surface area contributed by atoms with Crippen LogP contribution in [0.4, 0.5) is 0 Å². The number of nitrogens with two attached hydrogens (primary N) is 1. The molecule has 112 valence electrons. The molecule has 0 bridgehead atoms. The third-order valence-electron chi connectivity index (χ3n) is 3.68. The molecule has 3 rings (SSSR count). The number of hydrogen-bond donors (Lipinski definition) is 2. The van der Waals surface area contributed by atoms with Gasteiger partial charge in [-0.1, -0.05) is 0 Å². The van der Waals surface area contributed by atoms with Gasteiger partial charge < -0.3 is 11.1 Å². The van der Waals surface area contributed by atoms with Gasteiger partial charge in [-0.15, -0.1) is 11.3 Å². The second-order valence-electron chi connectivity index (χ2n) is 5.55. The lowest BCUT2D eigenvalue weighted by atomic mass is 10.2. The van der Waals surface area contributed by atoms with Gasteiger partial charge in [0.15, 0.2) is 0 Å². The molecule has 7 heteroatoms. The fraction of sp³-hybridized carbons (Fsp3) is 0.500. The first-order valence-electron chi connectivity index (χ1n) is 7.05. The van der Waals surface area contributed by atoms with Gasteiger partial charge in [0.05, 0.1) is 11.9 Å². The van der Waals surface area contributed by atoms with E-state index in [9.17, 15) is 4.79 Å². The average molecular weight is 305 g/mol. The molecule has 0 spiro atoms. The van der Waals surface area contributed by atoms with Gasteiger partial charge in [-0.2, -0.15) is 5.10 Å². The van der Waals surface area contributed by atoms with E-state index in [1.807, 2.05) is 20.2 Å². The van der Waals surface area contributed by atoms with E-state index in [0.717, 1.165) is 16.3 Å². The first kappa shape index (κ1) is 14.2. The summed E-state index contributed by atoms with van der Waals surface area (Å²) < 4.78 is 1.72. The predicted octanol–water partition coefficient (Wildman–Crippen LogP) is 1.32. The monoisotopic (exact) mass is 305 g/mol. The molecule has 1 unspecified atom stereocenters. The zero-order valence-electron chi connectivity index (χ0n) is 12.2. The molecule has 3 N–H and O–H groups in total. The van der Waals surface area contributed by atoms with E-state index < -0.39 is 0 Å². The Labute approximate surface area is 127 Å². The minimum atomic E-state index is -0.0868. The Morgan fingerprint density at radius 1 is 1.62 bits per heavy atom. The van der Waals surface area contributed by atoms with Gasteiger partial charge in [-0.3, -0.25) is 9.48 Å². The van der Waals surface area contributed by atoms with Crippen molar-refractivity contribution in [3.8, 4) is 10.6 Å². The molecule has 0 radical (unpaired) electrons. The molecule has 1 fully saturated rings. The molecule has 0 aromatic carbocycles. The highest BCUT2D eigenvalue weighted by atomic mass is 32.1. The molecule has 21 heavy (non-hydrogen) atoms. The van der Waals surface area contributed by atoms with Gasteiger partial charge in [-0.05, 0) is 25.7 Å². The second kappa shape index (κ2) is 5.57. The average Bonchev–Trinajstić information content (AvgIpc) is 3.11. The van der Waals surface area contributed by atoms with Crippen LogP contribution >= 0.6 is 11.3 Å². The van der Waals surface area contributed by atoms with Gasteiger partial charge in [0.25, 0.3) is 5.91 Å². The Balaban J connectivity index is 1.69. The van der Waals surface area contributed by atoms with Crippen LogP contribution in [0.2, 0.25) is 0 Å². The van der Waals surface area contributed by atoms with E-state index in [1.165, 1.54) is 24.2 Å². The summed E-state index contributed by atoms with van der Waals surface area (Å²) in [5.74, 6) is 0.495. The Morgan fingerprint density at radius 2 is 2.38 bits per heavy atom. The van der Waals surface area contributed by atoms with E-state index in [1.54, 1.807) is 10.9 Å². The van der Waals surface area contributed by atoms with Crippen LogP contribution < -0.4 is 11.1 Å². The predicted molar refractivity (Wildman–Crippen MR) is 82.1 cm³/mol. The zero-order chi connectivity index (χ0) is 15.0. The summed E-state index contributed by atoms with van der Waals surface area (Å²) in [6.45, 7) is 2.38. The van der Waals surface area contributed by atoms with Gasteiger partial charge in [-0.25, -0.2) is 4.98 Å².